The summed E-state index contributed by atoms with van der Waals surface area (Å²) in [6, 6.07) is 3.88. The van der Waals surface area contributed by atoms with Crippen LogP contribution in [0.5, 0.6) is 5.88 Å². The average Bonchev–Trinajstić information content (AvgIpc) is 3.12. The molecule has 0 radical (unpaired) electrons. The number of pyridine rings is 2. The molecule has 1 fully saturated rings. The Morgan fingerprint density at radius 2 is 2.13 bits per heavy atom. The highest BCUT2D eigenvalue weighted by molar-refractivity contribution is 6.13. The van der Waals surface area contributed by atoms with Crippen molar-refractivity contribution in [2.45, 2.75) is 38.8 Å². The average molecular weight is 402 g/mol. The van der Waals surface area contributed by atoms with Crippen molar-refractivity contribution < 1.29 is 10.2 Å². The molecule has 4 aromatic heterocycles. The quantitative estimate of drug-likeness (QED) is 0.442. The van der Waals surface area contributed by atoms with Gasteiger partial charge in [0.15, 0.2) is 5.88 Å². The normalized spacial score (nSPS) is 15.6. The molecular formula is C22H22N6O2. The summed E-state index contributed by atoms with van der Waals surface area (Å²) in [5.74, 6) is 0.0489. The monoisotopic (exact) mass is 402 g/mol. The van der Waals surface area contributed by atoms with Gasteiger partial charge in [-0.25, -0.2) is 4.99 Å². The Kier molecular flexibility index (Phi) is 4.18. The molecule has 5 rings (SSSR count). The van der Waals surface area contributed by atoms with Gasteiger partial charge in [0.25, 0.3) is 0 Å². The van der Waals surface area contributed by atoms with E-state index in [1.54, 1.807) is 35.7 Å². The Labute approximate surface area is 173 Å². The minimum Gasteiger partial charge on any atom is -0.494 e. The van der Waals surface area contributed by atoms with Crippen LogP contribution in [0.15, 0.2) is 48.1 Å². The number of aromatic hydroxyl groups is 1. The second-order valence-electron chi connectivity index (χ2n) is 7.97. The fourth-order valence-corrected chi connectivity index (χ4v) is 3.68. The fraction of sp³-hybridized carbons (Fsp3) is 0.273. The molecule has 0 spiro atoms. The minimum absolute atomic E-state index is 0.0489. The third kappa shape index (κ3) is 3.35. The molecule has 30 heavy (non-hydrogen) atoms. The molecule has 0 unspecified atom stereocenters. The van der Waals surface area contributed by atoms with Crippen LogP contribution < -0.4 is 0 Å². The van der Waals surface area contributed by atoms with Gasteiger partial charge >= 0.3 is 0 Å². The Hall–Kier alpha value is -3.52. The molecule has 8 nitrogen and oxygen atoms in total. The van der Waals surface area contributed by atoms with Crippen molar-refractivity contribution in [3.05, 3.63) is 54.2 Å². The van der Waals surface area contributed by atoms with Gasteiger partial charge < -0.3 is 15.2 Å². The van der Waals surface area contributed by atoms with Crippen LogP contribution in [-0.2, 0) is 6.54 Å². The lowest BCUT2D eigenvalue weighted by Gasteiger charge is -2.06. The van der Waals surface area contributed by atoms with Gasteiger partial charge in [0.05, 0.1) is 53.2 Å². The van der Waals surface area contributed by atoms with E-state index in [9.17, 15) is 10.2 Å². The van der Waals surface area contributed by atoms with E-state index >= 15 is 0 Å². The zero-order valence-corrected chi connectivity index (χ0v) is 16.8. The highest BCUT2D eigenvalue weighted by Gasteiger charge is 2.40. The van der Waals surface area contributed by atoms with Crippen LogP contribution >= 0.6 is 0 Å². The Morgan fingerprint density at radius 3 is 2.90 bits per heavy atom. The molecule has 4 heterocycles. The number of hydrogen-bond acceptors (Lipinski definition) is 6. The van der Waals surface area contributed by atoms with E-state index in [1.807, 2.05) is 26.0 Å². The number of rotatable bonds is 5. The van der Waals surface area contributed by atoms with Gasteiger partial charge in [-0.1, -0.05) is 0 Å². The van der Waals surface area contributed by atoms with Gasteiger partial charge in [-0.2, -0.15) is 5.10 Å². The largest absolute Gasteiger partial charge is 0.494 e. The predicted octanol–water partition coefficient (Wildman–Crippen LogP) is 3.50. The number of nitrogens with zero attached hydrogens (tertiary/aromatic N) is 5. The first-order chi connectivity index (χ1) is 14.4. The van der Waals surface area contributed by atoms with Crippen molar-refractivity contribution in [1.29, 1.82) is 0 Å². The van der Waals surface area contributed by atoms with Gasteiger partial charge in [-0.3, -0.25) is 14.6 Å². The maximum absolute atomic E-state index is 10.5. The summed E-state index contributed by atoms with van der Waals surface area (Å²) >= 11 is 0. The first-order valence-corrected chi connectivity index (χ1v) is 9.84. The number of aliphatic imine (C=N–C) groups is 1. The fourth-order valence-electron chi connectivity index (χ4n) is 3.68. The minimum atomic E-state index is -0.620. The first-order valence-electron chi connectivity index (χ1n) is 9.84. The van der Waals surface area contributed by atoms with E-state index in [2.05, 4.69) is 25.0 Å². The summed E-state index contributed by atoms with van der Waals surface area (Å²) in [6.07, 6.45) is 10.3. The van der Waals surface area contributed by atoms with Crippen LogP contribution in [0.1, 0.15) is 30.9 Å². The smallest absolute Gasteiger partial charge is 0.198 e. The molecule has 0 aliphatic heterocycles. The standard InChI is InChI=1S/C22H22N6O2/c1-13-3-6-23-9-17(13)18-7-16-19(10-24-18)27-21(29)20(16)14(2)26-15-8-25-28(11-15)12-22(30)4-5-22/h3,6-11,27,29-30H,4-5,12H2,1-2H3. The van der Waals surface area contributed by atoms with Crippen LogP contribution in [0, 0.1) is 6.92 Å². The molecule has 0 bridgehead atoms. The summed E-state index contributed by atoms with van der Waals surface area (Å²) in [5, 5.41) is 25.7. The van der Waals surface area contributed by atoms with Gasteiger partial charge in [-0.05, 0) is 44.4 Å². The molecule has 1 aliphatic rings. The summed E-state index contributed by atoms with van der Waals surface area (Å²) in [6.45, 7) is 4.34. The lowest BCUT2D eigenvalue weighted by molar-refractivity contribution is 0.125. The lowest BCUT2D eigenvalue weighted by Crippen LogP contribution is -2.16. The van der Waals surface area contributed by atoms with E-state index in [0.29, 0.717) is 23.5 Å². The SMILES string of the molecule is CC(=Nc1cnn(CC2(O)CC2)c1)c1c(O)[nH]c2cnc(-c3cnccc3C)cc12. The van der Waals surface area contributed by atoms with Crippen molar-refractivity contribution in [2.75, 3.05) is 0 Å². The number of aromatic nitrogens is 5. The zero-order chi connectivity index (χ0) is 20.9. The van der Waals surface area contributed by atoms with Crippen molar-refractivity contribution >= 4 is 22.3 Å². The molecule has 0 saturated heterocycles. The van der Waals surface area contributed by atoms with E-state index in [-0.39, 0.29) is 5.88 Å². The van der Waals surface area contributed by atoms with Crippen LogP contribution in [0.4, 0.5) is 5.69 Å². The molecule has 1 aliphatic carbocycles. The number of aryl methyl sites for hydroxylation is 1. The molecular weight excluding hydrogens is 380 g/mol. The Balaban J connectivity index is 1.53. The second-order valence-corrected chi connectivity index (χ2v) is 7.97. The molecule has 1 saturated carbocycles. The number of aliphatic hydroxyl groups is 1. The van der Waals surface area contributed by atoms with Gasteiger partial charge in [0.2, 0.25) is 0 Å². The van der Waals surface area contributed by atoms with E-state index in [0.717, 1.165) is 40.6 Å². The first kappa shape index (κ1) is 18.5. The van der Waals surface area contributed by atoms with Crippen molar-refractivity contribution in [2.24, 2.45) is 4.99 Å². The Morgan fingerprint density at radius 1 is 1.30 bits per heavy atom. The number of fused-ring (bicyclic) bond motifs is 1. The topological polar surface area (TPSA) is 112 Å². The van der Waals surface area contributed by atoms with E-state index < -0.39 is 5.60 Å². The zero-order valence-electron chi connectivity index (χ0n) is 16.8. The van der Waals surface area contributed by atoms with Crippen LogP contribution in [0.2, 0.25) is 0 Å². The van der Waals surface area contributed by atoms with Crippen molar-refractivity contribution in [3.8, 4) is 17.1 Å². The second kappa shape index (κ2) is 6.77. The lowest BCUT2D eigenvalue weighted by atomic mass is 10.0. The molecule has 152 valence electrons. The van der Waals surface area contributed by atoms with Gasteiger partial charge in [0.1, 0.15) is 5.69 Å². The van der Waals surface area contributed by atoms with Crippen LogP contribution in [0.25, 0.3) is 22.2 Å². The summed E-state index contributed by atoms with van der Waals surface area (Å²) in [7, 11) is 0. The summed E-state index contributed by atoms with van der Waals surface area (Å²) in [4.78, 5) is 16.3. The summed E-state index contributed by atoms with van der Waals surface area (Å²) in [5.41, 5.74) is 4.87. The molecule has 0 atom stereocenters. The van der Waals surface area contributed by atoms with Crippen LogP contribution in [0.3, 0.4) is 0 Å². The Bertz CT molecular complexity index is 1280. The molecule has 0 amide bonds. The molecule has 8 heteroatoms. The van der Waals surface area contributed by atoms with E-state index in [1.165, 1.54) is 0 Å². The van der Waals surface area contributed by atoms with Gasteiger partial charge in [-0.15, -0.1) is 0 Å². The van der Waals surface area contributed by atoms with Crippen molar-refractivity contribution in [3.63, 3.8) is 0 Å². The predicted molar refractivity (Wildman–Crippen MR) is 114 cm³/mol. The molecule has 0 aromatic carbocycles. The summed E-state index contributed by atoms with van der Waals surface area (Å²) < 4.78 is 1.71. The highest BCUT2D eigenvalue weighted by atomic mass is 16.3. The number of nitrogens with one attached hydrogen (secondary N) is 1. The maximum Gasteiger partial charge on any atom is 0.198 e. The third-order valence-electron chi connectivity index (χ3n) is 5.54. The van der Waals surface area contributed by atoms with Crippen LogP contribution in [-0.4, -0.2) is 46.3 Å². The van der Waals surface area contributed by atoms with Crippen molar-refractivity contribution in [1.82, 2.24) is 24.7 Å². The molecule has 3 N–H and O–H groups in total. The number of H-pyrrole nitrogens is 1. The third-order valence-corrected chi connectivity index (χ3v) is 5.54. The highest BCUT2D eigenvalue weighted by Crippen LogP contribution is 2.37. The molecule has 4 aromatic rings. The number of hydrogen-bond donors (Lipinski definition) is 3. The number of aromatic amines is 1. The van der Waals surface area contributed by atoms with E-state index in [4.69, 9.17) is 0 Å². The van der Waals surface area contributed by atoms with Gasteiger partial charge in [0, 0.05) is 23.3 Å². The maximum atomic E-state index is 10.5.